The number of likely N-dealkylation sites (tertiary alicyclic amines) is 1. The van der Waals surface area contributed by atoms with Crippen molar-refractivity contribution in [2.75, 3.05) is 19.8 Å². The maximum absolute atomic E-state index is 12.6. The summed E-state index contributed by atoms with van der Waals surface area (Å²) in [5.74, 6) is 0.631. The Balaban J connectivity index is 1.41. The minimum Gasteiger partial charge on any atom is -0.381 e. The van der Waals surface area contributed by atoms with Crippen molar-refractivity contribution in [1.82, 2.24) is 30.0 Å². The van der Waals surface area contributed by atoms with Gasteiger partial charge < -0.3 is 15.0 Å². The molecule has 24 heavy (non-hydrogen) atoms. The molecule has 2 aliphatic rings. The molecule has 0 saturated carbocycles. The number of rotatable bonds is 2. The topological polar surface area (TPSA) is 84.6 Å². The predicted molar refractivity (Wildman–Crippen MR) is 86.3 cm³/mol. The zero-order valence-corrected chi connectivity index (χ0v) is 13.8. The zero-order chi connectivity index (χ0) is 16.6. The number of hydrogen-bond donors (Lipinski definition) is 1. The third kappa shape index (κ3) is 2.71. The molecule has 0 bridgehead atoms. The van der Waals surface area contributed by atoms with E-state index in [9.17, 15) is 4.79 Å². The van der Waals surface area contributed by atoms with Crippen LogP contribution in [0.1, 0.15) is 32.0 Å². The van der Waals surface area contributed by atoms with Crippen molar-refractivity contribution in [1.29, 1.82) is 0 Å². The van der Waals surface area contributed by atoms with Crippen LogP contribution in [0.4, 0.5) is 4.79 Å². The molecule has 4 heterocycles. The second-order valence-corrected chi connectivity index (χ2v) is 6.86. The van der Waals surface area contributed by atoms with E-state index in [1.54, 1.807) is 10.7 Å². The molecule has 2 amide bonds. The van der Waals surface area contributed by atoms with E-state index in [1.165, 1.54) is 0 Å². The summed E-state index contributed by atoms with van der Waals surface area (Å²) in [5.41, 5.74) is 0.912. The molecule has 2 aliphatic heterocycles. The quantitative estimate of drug-likeness (QED) is 0.895. The van der Waals surface area contributed by atoms with E-state index in [0.717, 1.165) is 39.0 Å². The Morgan fingerprint density at radius 2 is 2.25 bits per heavy atom. The molecule has 2 saturated heterocycles. The Kier molecular flexibility index (Phi) is 3.84. The van der Waals surface area contributed by atoms with Gasteiger partial charge in [-0.15, -0.1) is 10.2 Å². The lowest BCUT2D eigenvalue weighted by Gasteiger charge is -2.33. The lowest BCUT2D eigenvalue weighted by Crippen LogP contribution is -2.43. The molecular weight excluding hydrogens is 308 g/mol. The van der Waals surface area contributed by atoms with Crippen molar-refractivity contribution in [2.45, 2.75) is 38.8 Å². The molecule has 2 aromatic heterocycles. The van der Waals surface area contributed by atoms with E-state index in [4.69, 9.17) is 4.74 Å². The standard InChI is InChI=1S/C16H22N6O2/c1-12-9-16(4-7-24-8-5-16)11-21(12)15(23)17-10-14-20-19-13-3-2-6-18-22(13)14/h2-3,6,12H,4-5,7-11H2,1H3,(H,17,23). The fourth-order valence-electron chi connectivity index (χ4n) is 3.91. The van der Waals surface area contributed by atoms with Crippen LogP contribution in [0.25, 0.3) is 5.65 Å². The monoisotopic (exact) mass is 330 g/mol. The Bertz CT molecular complexity index is 739. The minimum atomic E-state index is -0.0430. The summed E-state index contributed by atoms with van der Waals surface area (Å²) in [5, 5.41) is 15.3. The largest absolute Gasteiger partial charge is 0.381 e. The number of amides is 2. The van der Waals surface area contributed by atoms with Crippen molar-refractivity contribution in [3.05, 3.63) is 24.2 Å². The van der Waals surface area contributed by atoms with Crippen LogP contribution in [0, 0.1) is 5.41 Å². The van der Waals surface area contributed by atoms with Crippen LogP contribution in [-0.2, 0) is 11.3 Å². The highest BCUT2D eigenvalue weighted by Gasteiger charge is 2.44. The summed E-state index contributed by atoms with van der Waals surface area (Å²) < 4.78 is 7.13. The molecule has 8 heteroatoms. The first-order valence-corrected chi connectivity index (χ1v) is 8.44. The molecule has 0 radical (unpaired) electrons. The third-order valence-electron chi connectivity index (χ3n) is 5.22. The molecule has 2 fully saturated rings. The van der Waals surface area contributed by atoms with Gasteiger partial charge in [-0.1, -0.05) is 0 Å². The van der Waals surface area contributed by atoms with Crippen molar-refractivity contribution in [3.8, 4) is 0 Å². The van der Waals surface area contributed by atoms with E-state index in [-0.39, 0.29) is 17.5 Å². The maximum atomic E-state index is 12.6. The zero-order valence-electron chi connectivity index (χ0n) is 13.8. The molecule has 1 N–H and O–H groups in total. The van der Waals surface area contributed by atoms with Gasteiger partial charge in [0.1, 0.15) is 0 Å². The first kappa shape index (κ1) is 15.3. The van der Waals surface area contributed by atoms with Gasteiger partial charge in [-0.2, -0.15) is 9.61 Å². The molecule has 1 atom stereocenters. The summed E-state index contributed by atoms with van der Waals surface area (Å²) in [6.45, 7) is 4.86. The van der Waals surface area contributed by atoms with E-state index in [1.807, 2.05) is 17.0 Å². The molecule has 0 aliphatic carbocycles. The second-order valence-electron chi connectivity index (χ2n) is 6.86. The lowest BCUT2D eigenvalue weighted by molar-refractivity contribution is 0.0206. The highest BCUT2D eigenvalue weighted by Crippen LogP contribution is 2.42. The van der Waals surface area contributed by atoms with Crippen molar-refractivity contribution < 1.29 is 9.53 Å². The van der Waals surface area contributed by atoms with Gasteiger partial charge in [0.05, 0.1) is 6.54 Å². The fourth-order valence-corrected chi connectivity index (χ4v) is 3.91. The summed E-state index contributed by atoms with van der Waals surface area (Å²) in [7, 11) is 0. The Morgan fingerprint density at radius 1 is 1.42 bits per heavy atom. The summed E-state index contributed by atoms with van der Waals surface area (Å²) in [4.78, 5) is 14.6. The van der Waals surface area contributed by atoms with Gasteiger partial charge in [0.25, 0.3) is 0 Å². The van der Waals surface area contributed by atoms with E-state index >= 15 is 0 Å². The van der Waals surface area contributed by atoms with Crippen LogP contribution >= 0.6 is 0 Å². The number of carbonyl (C=O) groups excluding carboxylic acids is 1. The van der Waals surface area contributed by atoms with Crippen LogP contribution in [0.2, 0.25) is 0 Å². The molecule has 1 spiro atoms. The number of urea groups is 1. The Morgan fingerprint density at radius 3 is 3.08 bits per heavy atom. The van der Waals surface area contributed by atoms with E-state index in [2.05, 4.69) is 27.5 Å². The molecule has 4 rings (SSSR count). The van der Waals surface area contributed by atoms with Gasteiger partial charge in [-0.25, -0.2) is 4.79 Å². The van der Waals surface area contributed by atoms with Crippen LogP contribution in [0.15, 0.2) is 18.3 Å². The second kappa shape index (κ2) is 6.01. The van der Waals surface area contributed by atoms with Crippen LogP contribution in [-0.4, -0.2) is 56.5 Å². The number of ether oxygens (including phenoxy) is 1. The van der Waals surface area contributed by atoms with Gasteiger partial charge in [0.15, 0.2) is 11.5 Å². The van der Waals surface area contributed by atoms with Crippen LogP contribution < -0.4 is 5.32 Å². The first-order chi connectivity index (χ1) is 11.7. The highest BCUT2D eigenvalue weighted by molar-refractivity contribution is 5.75. The average molecular weight is 330 g/mol. The summed E-state index contributed by atoms with van der Waals surface area (Å²) >= 11 is 0. The van der Waals surface area contributed by atoms with Crippen LogP contribution in [0.3, 0.4) is 0 Å². The maximum Gasteiger partial charge on any atom is 0.318 e. The van der Waals surface area contributed by atoms with E-state index < -0.39 is 0 Å². The Hall–Kier alpha value is -2.22. The minimum absolute atomic E-state index is 0.0430. The van der Waals surface area contributed by atoms with Gasteiger partial charge in [-0.3, -0.25) is 0 Å². The first-order valence-electron chi connectivity index (χ1n) is 8.44. The lowest BCUT2D eigenvalue weighted by atomic mass is 9.78. The average Bonchev–Trinajstić information content (AvgIpc) is 3.15. The molecule has 8 nitrogen and oxygen atoms in total. The summed E-state index contributed by atoms with van der Waals surface area (Å²) in [6.07, 6.45) is 4.82. The van der Waals surface area contributed by atoms with Gasteiger partial charge >= 0.3 is 6.03 Å². The molecular formula is C16H22N6O2. The molecule has 2 aromatic rings. The van der Waals surface area contributed by atoms with Gasteiger partial charge in [-0.05, 0) is 43.7 Å². The van der Waals surface area contributed by atoms with Crippen molar-refractivity contribution in [2.24, 2.45) is 5.41 Å². The number of fused-ring (bicyclic) bond motifs is 1. The number of nitrogens with one attached hydrogen (secondary N) is 1. The Labute approximate surface area is 140 Å². The molecule has 128 valence electrons. The number of hydrogen-bond acceptors (Lipinski definition) is 5. The van der Waals surface area contributed by atoms with Crippen LogP contribution in [0.5, 0.6) is 0 Å². The number of nitrogens with zero attached hydrogens (tertiary/aromatic N) is 5. The predicted octanol–water partition coefficient (Wildman–Crippen LogP) is 1.22. The van der Waals surface area contributed by atoms with Crippen molar-refractivity contribution >= 4 is 11.7 Å². The number of carbonyl (C=O) groups is 1. The van der Waals surface area contributed by atoms with Gasteiger partial charge in [0.2, 0.25) is 0 Å². The number of aromatic nitrogens is 4. The molecule has 0 aromatic carbocycles. The highest BCUT2D eigenvalue weighted by atomic mass is 16.5. The van der Waals surface area contributed by atoms with Gasteiger partial charge in [0, 0.05) is 32.0 Å². The van der Waals surface area contributed by atoms with Crippen molar-refractivity contribution in [3.63, 3.8) is 0 Å². The van der Waals surface area contributed by atoms with E-state index in [0.29, 0.717) is 18.0 Å². The molecule has 1 unspecified atom stereocenters. The normalized spacial score (nSPS) is 23.0. The SMILES string of the molecule is CC1CC2(CCOCC2)CN1C(=O)NCc1nnc2cccnn12. The smallest absolute Gasteiger partial charge is 0.318 e. The third-order valence-corrected chi connectivity index (χ3v) is 5.22. The summed E-state index contributed by atoms with van der Waals surface area (Å²) in [6, 6.07) is 3.85. The fraction of sp³-hybridized carbons (Fsp3) is 0.625.